The molecule has 6 heteroatoms. The van der Waals surface area contributed by atoms with Crippen LogP contribution < -0.4 is 0 Å². The van der Waals surface area contributed by atoms with E-state index in [0.717, 1.165) is 0 Å². The molecule has 1 fully saturated rings. The van der Waals surface area contributed by atoms with Crippen LogP contribution in [0.5, 0.6) is 0 Å². The van der Waals surface area contributed by atoms with E-state index in [2.05, 4.69) is 15.9 Å². The standard InChI is InChI=1S/C10H7BrClF3O/c11-8-5-6(12)1-2-7(8)9(3-4-16-9)10(13,14)15/h1-2,5H,3-4H2. The third-order valence-corrected chi connectivity index (χ3v) is 3.52. The molecule has 0 aliphatic carbocycles. The van der Waals surface area contributed by atoms with Crippen LogP contribution in [-0.2, 0) is 10.3 Å². The monoisotopic (exact) mass is 314 g/mol. The molecule has 2 rings (SSSR count). The molecule has 0 bridgehead atoms. The molecule has 1 atom stereocenters. The van der Waals surface area contributed by atoms with Gasteiger partial charge in [0.2, 0.25) is 0 Å². The summed E-state index contributed by atoms with van der Waals surface area (Å²) in [6.07, 6.45) is -4.47. The van der Waals surface area contributed by atoms with Crippen LogP contribution in [0.4, 0.5) is 13.2 Å². The number of benzene rings is 1. The van der Waals surface area contributed by atoms with Crippen molar-refractivity contribution in [1.82, 2.24) is 0 Å². The maximum Gasteiger partial charge on any atom is 0.421 e. The van der Waals surface area contributed by atoms with E-state index >= 15 is 0 Å². The number of ether oxygens (including phenoxy) is 1. The zero-order chi connectivity index (χ0) is 12.0. The number of alkyl halides is 3. The number of halogens is 5. The summed E-state index contributed by atoms with van der Waals surface area (Å²) in [7, 11) is 0. The van der Waals surface area contributed by atoms with Crippen LogP contribution >= 0.6 is 27.5 Å². The van der Waals surface area contributed by atoms with Crippen molar-refractivity contribution in [2.24, 2.45) is 0 Å². The first-order chi connectivity index (χ1) is 7.37. The molecule has 1 aromatic rings. The summed E-state index contributed by atoms with van der Waals surface area (Å²) in [6.45, 7) is 0.120. The van der Waals surface area contributed by atoms with Gasteiger partial charge in [-0.15, -0.1) is 0 Å². The molecular weight excluding hydrogens is 308 g/mol. The molecule has 16 heavy (non-hydrogen) atoms. The third-order valence-electron chi connectivity index (χ3n) is 2.63. The third kappa shape index (κ3) is 1.75. The van der Waals surface area contributed by atoms with Crippen molar-refractivity contribution >= 4 is 27.5 Å². The van der Waals surface area contributed by atoms with Crippen LogP contribution in [0.25, 0.3) is 0 Å². The minimum atomic E-state index is -4.42. The summed E-state index contributed by atoms with van der Waals surface area (Å²) < 4.78 is 43.9. The average Bonchev–Trinajstić information content (AvgIpc) is 2.04. The lowest BCUT2D eigenvalue weighted by molar-refractivity contribution is -0.333. The highest BCUT2D eigenvalue weighted by molar-refractivity contribution is 9.10. The van der Waals surface area contributed by atoms with Crippen LogP contribution in [0.15, 0.2) is 22.7 Å². The normalized spacial score (nSPS) is 25.3. The highest BCUT2D eigenvalue weighted by Crippen LogP contribution is 2.52. The minimum absolute atomic E-state index is 0.0588. The van der Waals surface area contributed by atoms with Crippen LogP contribution in [0.3, 0.4) is 0 Å². The summed E-state index contributed by atoms with van der Waals surface area (Å²) in [4.78, 5) is 0. The van der Waals surface area contributed by atoms with Gasteiger partial charge in [-0.2, -0.15) is 13.2 Å². The van der Waals surface area contributed by atoms with Crippen molar-refractivity contribution in [2.45, 2.75) is 18.2 Å². The van der Waals surface area contributed by atoms with Crippen LogP contribution in [0.1, 0.15) is 12.0 Å². The van der Waals surface area contributed by atoms with Gasteiger partial charge in [0.25, 0.3) is 0 Å². The van der Waals surface area contributed by atoms with Crippen molar-refractivity contribution in [3.8, 4) is 0 Å². The molecule has 0 aromatic heterocycles. The molecule has 0 N–H and O–H groups in total. The fourth-order valence-electron chi connectivity index (χ4n) is 1.71. The Morgan fingerprint density at radius 2 is 2.00 bits per heavy atom. The second-order valence-electron chi connectivity index (χ2n) is 3.55. The van der Waals surface area contributed by atoms with Crippen molar-refractivity contribution in [3.63, 3.8) is 0 Å². The molecule has 1 aliphatic heterocycles. The van der Waals surface area contributed by atoms with E-state index in [1.54, 1.807) is 0 Å². The quantitative estimate of drug-likeness (QED) is 0.751. The Labute approximate surface area is 104 Å². The predicted octanol–water partition coefficient (Wildman–Crippen LogP) is 4.28. The van der Waals surface area contributed by atoms with Crippen LogP contribution in [0, 0.1) is 0 Å². The number of rotatable bonds is 1. The number of hydrogen-bond acceptors (Lipinski definition) is 1. The Hall–Kier alpha value is -0.260. The first-order valence-corrected chi connectivity index (χ1v) is 5.70. The Morgan fingerprint density at radius 1 is 1.38 bits per heavy atom. The van der Waals surface area contributed by atoms with Gasteiger partial charge in [-0.05, 0) is 12.1 Å². The second kappa shape index (κ2) is 3.89. The molecule has 1 unspecified atom stereocenters. The van der Waals surface area contributed by atoms with Crippen LogP contribution in [0.2, 0.25) is 5.02 Å². The summed E-state index contributed by atoms with van der Waals surface area (Å²) in [5, 5.41) is 0.382. The molecule has 88 valence electrons. The van der Waals surface area contributed by atoms with E-state index in [9.17, 15) is 13.2 Å². The Balaban J connectivity index is 2.49. The molecule has 0 saturated carbocycles. The molecule has 0 amide bonds. The van der Waals surface area contributed by atoms with Gasteiger partial charge in [0.05, 0.1) is 6.61 Å². The van der Waals surface area contributed by atoms with Crippen molar-refractivity contribution in [3.05, 3.63) is 33.3 Å². The van der Waals surface area contributed by atoms with Gasteiger partial charge in [0.1, 0.15) is 0 Å². The lowest BCUT2D eigenvalue weighted by Gasteiger charge is -2.43. The highest BCUT2D eigenvalue weighted by atomic mass is 79.9. The van der Waals surface area contributed by atoms with E-state index in [-0.39, 0.29) is 18.6 Å². The van der Waals surface area contributed by atoms with Crippen LogP contribution in [-0.4, -0.2) is 12.8 Å². The molecule has 1 aliphatic rings. The zero-order valence-corrected chi connectivity index (χ0v) is 10.3. The maximum atomic E-state index is 12.9. The van der Waals surface area contributed by atoms with Crippen molar-refractivity contribution in [1.29, 1.82) is 0 Å². The second-order valence-corrected chi connectivity index (χ2v) is 4.84. The van der Waals surface area contributed by atoms with Gasteiger partial charge in [-0.3, -0.25) is 0 Å². The van der Waals surface area contributed by atoms with Gasteiger partial charge in [0, 0.05) is 21.5 Å². The summed E-state index contributed by atoms with van der Waals surface area (Å²) in [6, 6.07) is 4.21. The molecule has 0 radical (unpaired) electrons. The first-order valence-electron chi connectivity index (χ1n) is 4.53. The first kappa shape index (κ1) is 12.2. The largest absolute Gasteiger partial charge is 0.421 e. The van der Waals surface area contributed by atoms with E-state index in [0.29, 0.717) is 9.50 Å². The predicted molar refractivity (Wildman–Crippen MR) is 57.5 cm³/mol. The highest BCUT2D eigenvalue weighted by Gasteiger charge is 2.62. The Morgan fingerprint density at radius 3 is 2.38 bits per heavy atom. The van der Waals surface area contributed by atoms with Gasteiger partial charge >= 0.3 is 6.18 Å². The summed E-state index contributed by atoms with van der Waals surface area (Å²) in [5.74, 6) is 0. The van der Waals surface area contributed by atoms with E-state index in [1.807, 2.05) is 0 Å². The summed E-state index contributed by atoms with van der Waals surface area (Å²) in [5.41, 5.74) is -2.09. The van der Waals surface area contributed by atoms with Gasteiger partial charge in [-0.1, -0.05) is 33.6 Å². The Bertz CT molecular complexity index is 415. The topological polar surface area (TPSA) is 9.23 Å². The SMILES string of the molecule is FC(F)(F)C1(c2ccc(Cl)cc2Br)CCO1. The summed E-state index contributed by atoms with van der Waals surface area (Å²) >= 11 is 8.78. The van der Waals surface area contributed by atoms with E-state index in [4.69, 9.17) is 16.3 Å². The van der Waals surface area contributed by atoms with Gasteiger partial charge in [0.15, 0.2) is 5.60 Å². The molecular formula is C10H7BrClF3O. The molecule has 1 aromatic carbocycles. The maximum absolute atomic E-state index is 12.9. The average molecular weight is 316 g/mol. The smallest absolute Gasteiger partial charge is 0.361 e. The fourth-order valence-corrected chi connectivity index (χ4v) is 2.71. The lowest BCUT2D eigenvalue weighted by atomic mass is 9.86. The van der Waals surface area contributed by atoms with Gasteiger partial charge in [-0.25, -0.2) is 0 Å². The lowest BCUT2D eigenvalue weighted by Crippen LogP contribution is -2.52. The van der Waals surface area contributed by atoms with E-state index in [1.165, 1.54) is 18.2 Å². The number of hydrogen-bond donors (Lipinski definition) is 0. The van der Waals surface area contributed by atoms with Crippen molar-refractivity contribution < 1.29 is 17.9 Å². The minimum Gasteiger partial charge on any atom is -0.361 e. The molecule has 1 nitrogen and oxygen atoms in total. The molecule has 1 saturated heterocycles. The zero-order valence-electron chi connectivity index (χ0n) is 7.94. The molecule has 0 spiro atoms. The van der Waals surface area contributed by atoms with E-state index < -0.39 is 11.8 Å². The van der Waals surface area contributed by atoms with Crippen molar-refractivity contribution in [2.75, 3.05) is 6.61 Å². The molecule has 1 heterocycles. The Kier molecular flexibility index (Phi) is 2.97. The van der Waals surface area contributed by atoms with Gasteiger partial charge < -0.3 is 4.74 Å². The fraction of sp³-hybridized carbons (Fsp3) is 0.400.